The van der Waals surface area contributed by atoms with Gasteiger partial charge in [-0.05, 0) is 29.8 Å². The van der Waals surface area contributed by atoms with Crippen molar-refractivity contribution in [1.82, 2.24) is 29.3 Å². The zero-order chi connectivity index (χ0) is 28.5. The van der Waals surface area contributed by atoms with E-state index in [2.05, 4.69) is 15.3 Å². The summed E-state index contributed by atoms with van der Waals surface area (Å²) in [7, 11) is 4.64. The van der Waals surface area contributed by atoms with Gasteiger partial charge in [-0.2, -0.15) is 0 Å². The maximum absolute atomic E-state index is 14.0. The van der Waals surface area contributed by atoms with Crippen molar-refractivity contribution in [3.8, 4) is 0 Å². The fourth-order valence-electron chi connectivity index (χ4n) is 3.42. The number of amides is 2. The third-order valence-corrected chi connectivity index (χ3v) is 5.49. The molecule has 0 radical (unpaired) electrons. The zero-order valence-electron chi connectivity index (χ0n) is 21.5. The first kappa shape index (κ1) is 28.6. The van der Waals surface area contributed by atoms with Crippen LogP contribution in [0.15, 0.2) is 83.2 Å². The molecule has 0 spiro atoms. The zero-order valence-corrected chi connectivity index (χ0v) is 21.5. The molecule has 4 aromatic rings. The summed E-state index contributed by atoms with van der Waals surface area (Å²) in [6.45, 7) is 0.284. The molecule has 12 heteroatoms. The van der Waals surface area contributed by atoms with Crippen LogP contribution in [-0.2, 0) is 13.1 Å². The van der Waals surface area contributed by atoms with Gasteiger partial charge in [0.15, 0.2) is 0 Å². The van der Waals surface area contributed by atoms with E-state index in [4.69, 9.17) is 0 Å². The molecule has 202 valence electrons. The van der Waals surface area contributed by atoms with E-state index in [0.717, 1.165) is 0 Å². The standard InChI is InChI=1S/C14H14FN3O2.C13H12FN3O2/c1-17(2)14(20)10-3-4-11(12(15)7-10)8-18-9-16-6-5-13(18)19;1-15-13(19)10-3-2-9(6-11(10)14)7-17-8-16-5-4-12(17)18/h3-7,9H,8H2,1-2H3;2-6,8H,7H2,1H3,(H,15,19). The van der Waals surface area contributed by atoms with E-state index >= 15 is 0 Å². The molecule has 2 amide bonds. The quantitative estimate of drug-likeness (QED) is 0.402. The van der Waals surface area contributed by atoms with E-state index < -0.39 is 17.5 Å². The predicted molar refractivity (Wildman–Crippen MR) is 139 cm³/mol. The molecule has 2 aromatic carbocycles. The first-order valence-electron chi connectivity index (χ1n) is 11.6. The Morgan fingerprint density at radius 2 is 1.46 bits per heavy atom. The highest BCUT2D eigenvalue weighted by Gasteiger charge is 2.12. The number of rotatable bonds is 6. The molecule has 0 aliphatic heterocycles. The lowest BCUT2D eigenvalue weighted by Crippen LogP contribution is -2.22. The van der Waals surface area contributed by atoms with Gasteiger partial charge < -0.3 is 10.2 Å². The third kappa shape index (κ3) is 7.51. The highest BCUT2D eigenvalue weighted by molar-refractivity contribution is 5.94. The topological polar surface area (TPSA) is 119 Å². The Hall–Kier alpha value is -5.00. The van der Waals surface area contributed by atoms with Crippen LogP contribution >= 0.6 is 0 Å². The van der Waals surface area contributed by atoms with Crippen molar-refractivity contribution < 1.29 is 18.4 Å². The van der Waals surface area contributed by atoms with Crippen LogP contribution < -0.4 is 16.4 Å². The van der Waals surface area contributed by atoms with Crippen LogP contribution in [0.4, 0.5) is 8.78 Å². The second-order valence-electron chi connectivity index (χ2n) is 8.49. The smallest absolute Gasteiger partial charge is 0.253 e. The van der Waals surface area contributed by atoms with Gasteiger partial charge in [0.2, 0.25) is 0 Å². The molecule has 10 nitrogen and oxygen atoms in total. The Morgan fingerprint density at radius 3 is 1.97 bits per heavy atom. The Balaban J connectivity index is 0.000000216. The number of aromatic nitrogens is 4. The van der Waals surface area contributed by atoms with Crippen LogP contribution in [0, 0.1) is 11.6 Å². The maximum Gasteiger partial charge on any atom is 0.253 e. The van der Waals surface area contributed by atoms with Crippen molar-refractivity contribution >= 4 is 11.8 Å². The second-order valence-corrected chi connectivity index (χ2v) is 8.49. The average Bonchev–Trinajstić information content (AvgIpc) is 2.92. The molecule has 0 atom stereocenters. The van der Waals surface area contributed by atoms with Gasteiger partial charge >= 0.3 is 0 Å². The molecule has 0 fully saturated rings. The number of halogens is 2. The lowest BCUT2D eigenvalue weighted by molar-refractivity contribution is 0.0826. The molecular formula is C27H26F2N6O4. The van der Waals surface area contributed by atoms with Gasteiger partial charge in [-0.3, -0.25) is 28.3 Å². The summed E-state index contributed by atoms with van der Waals surface area (Å²) in [6, 6.07) is 11.1. The number of nitrogens with zero attached hydrogens (tertiary/aromatic N) is 5. The number of benzene rings is 2. The van der Waals surface area contributed by atoms with Crippen molar-refractivity contribution in [2.75, 3.05) is 21.1 Å². The molecule has 0 unspecified atom stereocenters. The monoisotopic (exact) mass is 536 g/mol. The van der Waals surface area contributed by atoms with Gasteiger partial charge in [-0.15, -0.1) is 0 Å². The van der Waals surface area contributed by atoms with E-state index in [9.17, 15) is 28.0 Å². The van der Waals surface area contributed by atoms with E-state index in [1.165, 1.54) is 82.5 Å². The Morgan fingerprint density at radius 1 is 0.846 bits per heavy atom. The molecule has 0 saturated carbocycles. The fraction of sp³-hybridized carbons (Fsp3) is 0.185. The third-order valence-electron chi connectivity index (χ3n) is 5.49. The second kappa shape index (κ2) is 13.0. The van der Waals surface area contributed by atoms with E-state index in [0.29, 0.717) is 11.1 Å². The van der Waals surface area contributed by atoms with Crippen molar-refractivity contribution in [3.63, 3.8) is 0 Å². The first-order chi connectivity index (χ1) is 18.6. The molecular weight excluding hydrogens is 510 g/mol. The Kier molecular flexibility index (Phi) is 9.52. The van der Waals surface area contributed by atoms with Crippen molar-refractivity contribution in [1.29, 1.82) is 0 Å². The SMILES string of the molecule is CN(C)C(=O)c1ccc(Cn2cnccc2=O)c(F)c1.CNC(=O)c1ccc(Cn2cnccc2=O)cc1F. The van der Waals surface area contributed by atoms with Crippen LogP contribution in [0.2, 0.25) is 0 Å². The van der Waals surface area contributed by atoms with Crippen LogP contribution in [0.3, 0.4) is 0 Å². The highest BCUT2D eigenvalue weighted by Crippen LogP contribution is 2.13. The van der Waals surface area contributed by atoms with Gasteiger partial charge in [0.1, 0.15) is 11.6 Å². The minimum absolute atomic E-state index is 0.0233. The van der Waals surface area contributed by atoms with Crippen LogP contribution in [0.25, 0.3) is 0 Å². The lowest BCUT2D eigenvalue weighted by atomic mass is 10.1. The molecule has 0 aliphatic rings. The number of nitrogens with one attached hydrogen (secondary N) is 1. The lowest BCUT2D eigenvalue weighted by Gasteiger charge is -2.11. The van der Waals surface area contributed by atoms with Crippen molar-refractivity contribution in [2.24, 2.45) is 0 Å². The van der Waals surface area contributed by atoms with Gasteiger partial charge in [0.25, 0.3) is 22.9 Å². The number of carbonyl (C=O) groups is 2. The van der Waals surface area contributed by atoms with Crippen LogP contribution in [-0.4, -0.2) is 57.0 Å². The molecule has 39 heavy (non-hydrogen) atoms. The number of carbonyl (C=O) groups excluding carboxylic acids is 2. The minimum atomic E-state index is -0.617. The van der Waals surface area contributed by atoms with Gasteiger partial charge in [0, 0.05) is 56.8 Å². The minimum Gasteiger partial charge on any atom is -0.355 e. The molecule has 4 rings (SSSR count). The molecule has 1 N–H and O–H groups in total. The molecule has 0 bridgehead atoms. The Bertz CT molecular complexity index is 1600. The molecule has 0 aliphatic carbocycles. The van der Waals surface area contributed by atoms with Gasteiger partial charge in [-0.25, -0.2) is 18.7 Å². The van der Waals surface area contributed by atoms with Crippen LogP contribution in [0.1, 0.15) is 31.8 Å². The largest absolute Gasteiger partial charge is 0.355 e. The number of hydrogen-bond acceptors (Lipinski definition) is 6. The fourth-order valence-corrected chi connectivity index (χ4v) is 3.42. The van der Waals surface area contributed by atoms with E-state index in [1.807, 2.05) is 0 Å². The predicted octanol–water partition coefficient (Wildman–Crippen LogP) is 1.92. The molecule has 2 heterocycles. The summed E-state index contributed by atoms with van der Waals surface area (Å²) in [5, 5.41) is 2.36. The number of hydrogen-bond donors (Lipinski definition) is 1. The first-order valence-corrected chi connectivity index (χ1v) is 11.6. The summed E-state index contributed by atoms with van der Waals surface area (Å²) in [6.07, 6.45) is 5.51. The normalized spacial score (nSPS) is 10.3. The summed E-state index contributed by atoms with van der Waals surface area (Å²) in [4.78, 5) is 55.1. The molecule has 2 aromatic heterocycles. The van der Waals surface area contributed by atoms with Crippen LogP contribution in [0.5, 0.6) is 0 Å². The van der Waals surface area contributed by atoms with E-state index in [1.54, 1.807) is 26.2 Å². The summed E-state index contributed by atoms with van der Waals surface area (Å²) in [5.41, 5.74) is 0.689. The maximum atomic E-state index is 14.0. The highest BCUT2D eigenvalue weighted by atomic mass is 19.1. The Labute approximate surface area is 222 Å². The summed E-state index contributed by atoms with van der Waals surface area (Å²) < 4.78 is 30.4. The molecule has 0 saturated heterocycles. The van der Waals surface area contributed by atoms with E-state index in [-0.39, 0.29) is 41.2 Å². The van der Waals surface area contributed by atoms with Crippen molar-refractivity contribution in [3.05, 3.63) is 128 Å². The summed E-state index contributed by atoms with van der Waals surface area (Å²) in [5.74, 6) is -1.89. The average molecular weight is 537 g/mol. The van der Waals surface area contributed by atoms with Crippen molar-refractivity contribution in [2.45, 2.75) is 13.1 Å². The van der Waals surface area contributed by atoms with Gasteiger partial charge in [-0.1, -0.05) is 12.1 Å². The van der Waals surface area contributed by atoms with Gasteiger partial charge in [0.05, 0.1) is 31.3 Å². The summed E-state index contributed by atoms with van der Waals surface area (Å²) >= 11 is 0.